The summed E-state index contributed by atoms with van der Waals surface area (Å²) < 4.78 is 5.29. The normalized spacial score (nSPS) is 13.6. The molecule has 1 saturated heterocycles. The van der Waals surface area contributed by atoms with E-state index in [-0.39, 0.29) is 24.0 Å². The smallest absolute Gasteiger partial charge is 0.228 e. The van der Waals surface area contributed by atoms with Crippen molar-refractivity contribution in [3.8, 4) is 5.75 Å². The minimum Gasteiger partial charge on any atom is -0.496 e. The Labute approximate surface area is 158 Å². The van der Waals surface area contributed by atoms with Gasteiger partial charge in [-0.2, -0.15) is 0 Å². The van der Waals surface area contributed by atoms with E-state index < -0.39 is 0 Å². The van der Waals surface area contributed by atoms with E-state index >= 15 is 0 Å². The number of anilines is 2. The van der Waals surface area contributed by atoms with Gasteiger partial charge in [0, 0.05) is 35.5 Å². The largest absolute Gasteiger partial charge is 0.496 e. The number of carbonyl (C=O) groups excluding carboxylic acids is 3. The number of benzene rings is 2. The average molecular weight is 366 g/mol. The van der Waals surface area contributed by atoms with Gasteiger partial charge in [0.1, 0.15) is 5.75 Å². The molecular formula is C21H22N2O4. The highest BCUT2D eigenvalue weighted by molar-refractivity contribution is 5.98. The molecule has 1 aliphatic rings. The monoisotopic (exact) mass is 366 g/mol. The SMILES string of the molecule is COc1ccc(C(C)=O)cc1CC(=O)Nc1cccc(N2CCCC2=O)c1. The van der Waals surface area contributed by atoms with Crippen LogP contribution in [-0.4, -0.2) is 31.3 Å². The van der Waals surface area contributed by atoms with Crippen molar-refractivity contribution in [1.82, 2.24) is 0 Å². The summed E-state index contributed by atoms with van der Waals surface area (Å²) in [6, 6.07) is 12.3. The first-order valence-electron chi connectivity index (χ1n) is 8.86. The summed E-state index contributed by atoms with van der Waals surface area (Å²) in [5.74, 6) is 0.372. The Morgan fingerprint density at radius 1 is 1.19 bits per heavy atom. The second-order valence-electron chi connectivity index (χ2n) is 6.51. The second-order valence-corrected chi connectivity index (χ2v) is 6.51. The molecule has 2 amide bonds. The summed E-state index contributed by atoms with van der Waals surface area (Å²) in [5, 5.41) is 2.85. The fourth-order valence-electron chi connectivity index (χ4n) is 3.19. The van der Waals surface area contributed by atoms with Gasteiger partial charge in [-0.1, -0.05) is 6.07 Å². The Morgan fingerprint density at radius 3 is 2.67 bits per heavy atom. The van der Waals surface area contributed by atoms with Gasteiger partial charge >= 0.3 is 0 Å². The number of hydrogen-bond acceptors (Lipinski definition) is 4. The first-order valence-corrected chi connectivity index (χ1v) is 8.86. The molecule has 1 N–H and O–H groups in total. The van der Waals surface area contributed by atoms with E-state index in [4.69, 9.17) is 4.74 Å². The van der Waals surface area contributed by atoms with Crippen LogP contribution in [0.2, 0.25) is 0 Å². The number of ketones is 1. The third kappa shape index (κ3) is 4.34. The van der Waals surface area contributed by atoms with E-state index in [0.29, 0.717) is 35.5 Å². The van der Waals surface area contributed by atoms with E-state index in [2.05, 4.69) is 5.32 Å². The van der Waals surface area contributed by atoms with E-state index in [1.165, 1.54) is 14.0 Å². The average Bonchev–Trinajstić information content (AvgIpc) is 3.07. The first kappa shape index (κ1) is 18.6. The van der Waals surface area contributed by atoms with Crippen LogP contribution in [-0.2, 0) is 16.0 Å². The molecule has 0 spiro atoms. The van der Waals surface area contributed by atoms with Crippen molar-refractivity contribution < 1.29 is 19.1 Å². The van der Waals surface area contributed by atoms with Crippen molar-refractivity contribution in [1.29, 1.82) is 0 Å². The van der Waals surface area contributed by atoms with Crippen LogP contribution in [0, 0.1) is 0 Å². The van der Waals surface area contributed by atoms with Crippen LogP contribution in [0.25, 0.3) is 0 Å². The minimum absolute atomic E-state index is 0.0673. The summed E-state index contributed by atoms with van der Waals surface area (Å²) in [5.41, 5.74) is 2.59. The zero-order valence-electron chi connectivity index (χ0n) is 15.5. The maximum absolute atomic E-state index is 12.5. The van der Waals surface area contributed by atoms with Crippen LogP contribution in [0.3, 0.4) is 0 Å². The van der Waals surface area contributed by atoms with Gasteiger partial charge in [-0.3, -0.25) is 14.4 Å². The van der Waals surface area contributed by atoms with Crippen LogP contribution in [0.5, 0.6) is 5.75 Å². The third-order valence-corrected chi connectivity index (χ3v) is 4.55. The second kappa shape index (κ2) is 8.03. The van der Waals surface area contributed by atoms with Gasteiger partial charge in [0.05, 0.1) is 13.5 Å². The van der Waals surface area contributed by atoms with Crippen molar-refractivity contribution in [3.63, 3.8) is 0 Å². The highest BCUT2D eigenvalue weighted by Gasteiger charge is 2.22. The molecule has 1 aliphatic heterocycles. The Morgan fingerprint density at radius 2 is 2.00 bits per heavy atom. The predicted octanol–water partition coefficient (Wildman–Crippen LogP) is 3.21. The molecule has 1 heterocycles. The Bertz CT molecular complexity index is 892. The van der Waals surface area contributed by atoms with Gasteiger partial charge < -0.3 is 15.0 Å². The van der Waals surface area contributed by atoms with E-state index in [9.17, 15) is 14.4 Å². The summed E-state index contributed by atoms with van der Waals surface area (Å²) in [4.78, 5) is 37.7. The first-order chi connectivity index (χ1) is 13.0. The summed E-state index contributed by atoms with van der Waals surface area (Å²) >= 11 is 0. The lowest BCUT2D eigenvalue weighted by Gasteiger charge is -2.17. The van der Waals surface area contributed by atoms with Gasteiger partial charge in [-0.05, 0) is 49.7 Å². The molecule has 140 valence electrons. The number of nitrogens with one attached hydrogen (secondary N) is 1. The molecule has 0 bridgehead atoms. The predicted molar refractivity (Wildman–Crippen MR) is 103 cm³/mol. The molecular weight excluding hydrogens is 344 g/mol. The van der Waals surface area contributed by atoms with Crippen molar-refractivity contribution in [2.75, 3.05) is 23.9 Å². The summed E-state index contributed by atoms with van der Waals surface area (Å²) in [7, 11) is 1.53. The lowest BCUT2D eigenvalue weighted by atomic mass is 10.0. The molecule has 0 radical (unpaired) electrons. The quantitative estimate of drug-likeness (QED) is 0.797. The fraction of sp³-hybridized carbons (Fsp3) is 0.286. The van der Waals surface area contributed by atoms with Crippen molar-refractivity contribution >= 4 is 29.0 Å². The molecule has 3 rings (SSSR count). The highest BCUT2D eigenvalue weighted by Crippen LogP contribution is 2.25. The van der Waals surface area contributed by atoms with Crippen LogP contribution in [0.4, 0.5) is 11.4 Å². The fourth-order valence-corrected chi connectivity index (χ4v) is 3.19. The molecule has 2 aromatic rings. The number of carbonyl (C=O) groups is 3. The minimum atomic E-state index is -0.223. The van der Waals surface area contributed by atoms with Crippen LogP contribution >= 0.6 is 0 Å². The van der Waals surface area contributed by atoms with E-state index in [1.807, 2.05) is 12.1 Å². The molecule has 0 aliphatic carbocycles. The molecule has 6 nitrogen and oxygen atoms in total. The number of Topliss-reactive ketones (excluding diaryl/α,β-unsaturated/α-hetero) is 1. The van der Waals surface area contributed by atoms with E-state index in [0.717, 1.165) is 12.1 Å². The standard InChI is InChI=1S/C21H22N2O4/c1-14(24)15-8-9-19(27-2)16(11-15)12-20(25)22-17-5-3-6-18(13-17)23-10-4-7-21(23)26/h3,5-6,8-9,11,13H,4,7,10,12H2,1-2H3,(H,22,25). The molecule has 0 saturated carbocycles. The van der Waals surface area contributed by atoms with Gasteiger partial charge in [0.2, 0.25) is 11.8 Å². The van der Waals surface area contributed by atoms with Crippen LogP contribution in [0.1, 0.15) is 35.7 Å². The van der Waals surface area contributed by atoms with E-state index in [1.54, 1.807) is 35.2 Å². The van der Waals surface area contributed by atoms with Crippen LogP contribution < -0.4 is 15.0 Å². The zero-order chi connectivity index (χ0) is 19.4. The Balaban J connectivity index is 1.74. The van der Waals surface area contributed by atoms with Crippen LogP contribution in [0.15, 0.2) is 42.5 Å². The van der Waals surface area contributed by atoms with Gasteiger partial charge in [-0.15, -0.1) is 0 Å². The Hall–Kier alpha value is -3.15. The van der Waals surface area contributed by atoms with Crippen molar-refractivity contribution in [3.05, 3.63) is 53.6 Å². The molecule has 1 fully saturated rings. The zero-order valence-corrected chi connectivity index (χ0v) is 15.5. The topological polar surface area (TPSA) is 75.7 Å². The molecule has 0 aromatic heterocycles. The molecule has 0 unspecified atom stereocenters. The third-order valence-electron chi connectivity index (χ3n) is 4.55. The number of amides is 2. The number of hydrogen-bond donors (Lipinski definition) is 1. The summed E-state index contributed by atoms with van der Waals surface area (Å²) in [6.45, 7) is 2.18. The molecule has 2 aromatic carbocycles. The lowest BCUT2D eigenvalue weighted by molar-refractivity contribution is -0.117. The lowest BCUT2D eigenvalue weighted by Crippen LogP contribution is -2.23. The molecule has 0 atom stereocenters. The van der Waals surface area contributed by atoms with Gasteiger partial charge in [0.15, 0.2) is 5.78 Å². The maximum atomic E-state index is 12.5. The van der Waals surface area contributed by atoms with Crippen molar-refractivity contribution in [2.45, 2.75) is 26.2 Å². The molecule has 27 heavy (non-hydrogen) atoms. The van der Waals surface area contributed by atoms with Gasteiger partial charge in [0.25, 0.3) is 0 Å². The number of methoxy groups -OCH3 is 1. The van der Waals surface area contributed by atoms with Crippen molar-refractivity contribution in [2.24, 2.45) is 0 Å². The number of ether oxygens (including phenoxy) is 1. The Kier molecular flexibility index (Phi) is 5.54. The number of rotatable bonds is 6. The van der Waals surface area contributed by atoms with Gasteiger partial charge in [-0.25, -0.2) is 0 Å². The highest BCUT2D eigenvalue weighted by atomic mass is 16.5. The molecule has 6 heteroatoms. The summed E-state index contributed by atoms with van der Waals surface area (Å²) in [6.07, 6.45) is 1.49. The maximum Gasteiger partial charge on any atom is 0.228 e. The number of nitrogens with zero attached hydrogens (tertiary/aromatic N) is 1.